The first-order valence-corrected chi connectivity index (χ1v) is 11.4. The lowest BCUT2D eigenvalue weighted by Gasteiger charge is -2.39. The number of piperazine rings is 1. The highest BCUT2D eigenvalue weighted by Gasteiger charge is 2.29. The Morgan fingerprint density at radius 2 is 1.71 bits per heavy atom. The summed E-state index contributed by atoms with van der Waals surface area (Å²) in [5, 5.41) is 0. The number of halogens is 2. The Balaban J connectivity index is 1.48. The summed E-state index contributed by atoms with van der Waals surface area (Å²) in [5.41, 5.74) is 1.14. The Kier molecular flexibility index (Phi) is 6.35. The van der Waals surface area contributed by atoms with E-state index in [0.29, 0.717) is 24.9 Å². The molecule has 0 amide bonds. The van der Waals surface area contributed by atoms with Crippen LogP contribution in [0.1, 0.15) is 11.8 Å². The molecular weight excluding hydrogens is 424 g/mol. The Morgan fingerprint density at radius 1 is 0.968 bits per heavy atom. The van der Waals surface area contributed by atoms with Gasteiger partial charge in [0.25, 0.3) is 0 Å². The van der Waals surface area contributed by atoms with Crippen molar-refractivity contribution in [2.45, 2.75) is 10.9 Å². The fourth-order valence-electron chi connectivity index (χ4n) is 3.77. The number of hydrogen-bond donors (Lipinski definition) is 1. The van der Waals surface area contributed by atoms with Gasteiger partial charge in [0.1, 0.15) is 22.3 Å². The minimum absolute atomic E-state index is 0.0306. The Labute approximate surface area is 180 Å². The molecule has 2 heterocycles. The lowest BCUT2D eigenvalue weighted by atomic mass is 10.1. The summed E-state index contributed by atoms with van der Waals surface area (Å²) < 4.78 is 60.7. The van der Waals surface area contributed by atoms with Crippen molar-refractivity contribution in [1.29, 1.82) is 0 Å². The molecule has 1 saturated heterocycles. The number of benzene rings is 2. The van der Waals surface area contributed by atoms with Crippen LogP contribution in [-0.2, 0) is 10.0 Å². The van der Waals surface area contributed by atoms with Crippen LogP contribution in [-0.4, -0.2) is 46.0 Å². The zero-order valence-electron chi connectivity index (χ0n) is 16.7. The molecular formula is C22H23F2N3O3S. The van der Waals surface area contributed by atoms with Gasteiger partial charge >= 0.3 is 0 Å². The number of sulfonamides is 1. The monoisotopic (exact) mass is 447 g/mol. The zero-order chi connectivity index (χ0) is 21.8. The molecule has 31 heavy (non-hydrogen) atoms. The number of furan rings is 1. The standard InChI is InChI=1S/C22H23F2N3O3S/c23-17-8-9-19(24)22(15-17)31(28,29)25-16-20(21-7-4-14-30-21)27-12-10-26(11-13-27)18-5-2-1-3-6-18/h1-9,14-15,20,25H,10-13,16H2/t20-/m0/s1. The molecule has 1 aliphatic rings. The van der Waals surface area contributed by atoms with Crippen molar-refractivity contribution in [3.63, 3.8) is 0 Å². The van der Waals surface area contributed by atoms with Crippen LogP contribution in [0.15, 0.2) is 76.2 Å². The molecule has 3 aromatic rings. The molecule has 1 fully saturated rings. The van der Waals surface area contributed by atoms with Gasteiger partial charge in [-0.2, -0.15) is 0 Å². The molecule has 1 N–H and O–H groups in total. The van der Waals surface area contributed by atoms with E-state index in [0.717, 1.165) is 30.9 Å². The van der Waals surface area contributed by atoms with Crippen molar-refractivity contribution in [2.75, 3.05) is 37.6 Å². The van der Waals surface area contributed by atoms with E-state index in [9.17, 15) is 17.2 Å². The van der Waals surface area contributed by atoms with Gasteiger partial charge < -0.3 is 9.32 Å². The van der Waals surface area contributed by atoms with E-state index in [-0.39, 0.29) is 12.6 Å². The molecule has 0 saturated carbocycles. The molecule has 1 atom stereocenters. The van der Waals surface area contributed by atoms with Crippen molar-refractivity contribution in [3.8, 4) is 0 Å². The fourth-order valence-corrected chi connectivity index (χ4v) is 4.90. The first-order valence-electron chi connectivity index (χ1n) is 9.96. The summed E-state index contributed by atoms with van der Waals surface area (Å²) in [6.45, 7) is 2.89. The minimum Gasteiger partial charge on any atom is -0.468 e. The maximum atomic E-state index is 14.0. The Bertz CT molecular complexity index is 1100. The summed E-state index contributed by atoms with van der Waals surface area (Å²) >= 11 is 0. The van der Waals surface area contributed by atoms with E-state index in [1.165, 1.54) is 6.26 Å². The normalized spacial score (nSPS) is 16.4. The summed E-state index contributed by atoms with van der Waals surface area (Å²) in [4.78, 5) is 3.68. The van der Waals surface area contributed by atoms with Crippen molar-refractivity contribution in [1.82, 2.24) is 9.62 Å². The van der Waals surface area contributed by atoms with Crippen molar-refractivity contribution < 1.29 is 21.6 Å². The Hall–Kier alpha value is -2.75. The van der Waals surface area contributed by atoms with Gasteiger partial charge in [0.05, 0.1) is 12.3 Å². The molecule has 2 aromatic carbocycles. The van der Waals surface area contributed by atoms with Crippen LogP contribution >= 0.6 is 0 Å². The molecule has 0 radical (unpaired) electrons. The Morgan fingerprint density at radius 3 is 2.39 bits per heavy atom. The number of hydrogen-bond acceptors (Lipinski definition) is 5. The number of para-hydroxylation sites is 1. The van der Waals surface area contributed by atoms with Gasteiger partial charge in [-0.05, 0) is 42.5 Å². The van der Waals surface area contributed by atoms with Gasteiger partial charge in [-0.3, -0.25) is 4.90 Å². The van der Waals surface area contributed by atoms with Crippen molar-refractivity contribution in [3.05, 3.63) is 84.3 Å². The van der Waals surface area contributed by atoms with E-state index in [1.807, 2.05) is 18.2 Å². The third-order valence-electron chi connectivity index (χ3n) is 5.40. The summed E-state index contributed by atoms with van der Waals surface area (Å²) in [6, 6.07) is 15.6. The molecule has 0 unspecified atom stereocenters. The maximum absolute atomic E-state index is 14.0. The topological polar surface area (TPSA) is 65.8 Å². The minimum atomic E-state index is -4.24. The highest BCUT2D eigenvalue weighted by atomic mass is 32.2. The smallest absolute Gasteiger partial charge is 0.243 e. The van der Waals surface area contributed by atoms with Crippen LogP contribution in [0.4, 0.5) is 14.5 Å². The quantitative estimate of drug-likeness (QED) is 0.602. The molecule has 0 spiro atoms. The first-order chi connectivity index (χ1) is 14.9. The van der Waals surface area contributed by atoms with Crippen LogP contribution in [0.25, 0.3) is 0 Å². The number of rotatable bonds is 7. The van der Waals surface area contributed by atoms with E-state index >= 15 is 0 Å². The molecule has 9 heteroatoms. The molecule has 4 rings (SSSR count). The summed E-state index contributed by atoms with van der Waals surface area (Å²) in [5.74, 6) is -1.21. The molecule has 6 nitrogen and oxygen atoms in total. The molecule has 1 aromatic heterocycles. The van der Waals surface area contributed by atoms with E-state index < -0.39 is 26.6 Å². The number of nitrogens with zero attached hydrogens (tertiary/aromatic N) is 2. The predicted molar refractivity (Wildman–Crippen MR) is 113 cm³/mol. The molecule has 1 aliphatic heterocycles. The van der Waals surface area contributed by atoms with E-state index in [2.05, 4.69) is 26.7 Å². The maximum Gasteiger partial charge on any atom is 0.243 e. The lowest BCUT2D eigenvalue weighted by Crippen LogP contribution is -2.49. The van der Waals surface area contributed by atoms with Crippen LogP contribution in [0.3, 0.4) is 0 Å². The highest BCUT2D eigenvalue weighted by Crippen LogP contribution is 2.25. The first kappa shape index (κ1) is 21.5. The second-order valence-corrected chi connectivity index (χ2v) is 9.05. The van der Waals surface area contributed by atoms with Gasteiger partial charge in [0.2, 0.25) is 10.0 Å². The van der Waals surface area contributed by atoms with Crippen LogP contribution in [0.2, 0.25) is 0 Å². The molecule has 0 bridgehead atoms. The average Bonchev–Trinajstić information content (AvgIpc) is 3.31. The summed E-state index contributed by atoms with van der Waals surface area (Å²) in [6.07, 6.45) is 1.53. The third-order valence-corrected chi connectivity index (χ3v) is 6.84. The van der Waals surface area contributed by atoms with E-state index in [1.54, 1.807) is 12.1 Å². The summed E-state index contributed by atoms with van der Waals surface area (Å²) in [7, 11) is -4.24. The van der Waals surface area contributed by atoms with Crippen LogP contribution < -0.4 is 9.62 Å². The lowest BCUT2D eigenvalue weighted by molar-refractivity contribution is 0.166. The molecule has 0 aliphatic carbocycles. The second kappa shape index (κ2) is 9.17. The predicted octanol–water partition coefficient (Wildman–Crippen LogP) is 3.40. The third kappa shape index (κ3) is 4.95. The SMILES string of the molecule is O=S(=O)(NC[C@@H](c1ccco1)N1CCN(c2ccccc2)CC1)c1cc(F)ccc1F. The number of anilines is 1. The van der Waals surface area contributed by atoms with Crippen molar-refractivity contribution >= 4 is 15.7 Å². The van der Waals surface area contributed by atoms with Crippen molar-refractivity contribution in [2.24, 2.45) is 0 Å². The van der Waals surface area contributed by atoms with Gasteiger partial charge in [0, 0.05) is 38.4 Å². The highest BCUT2D eigenvalue weighted by molar-refractivity contribution is 7.89. The van der Waals surface area contributed by atoms with Crippen LogP contribution in [0, 0.1) is 11.6 Å². The van der Waals surface area contributed by atoms with Crippen LogP contribution in [0.5, 0.6) is 0 Å². The van der Waals surface area contributed by atoms with Gasteiger partial charge in [0.15, 0.2) is 0 Å². The largest absolute Gasteiger partial charge is 0.468 e. The molecule has 164 valence electrons. The van der Waals surface area contributed by atoms with Gasteiger partial charge in [-0.1, -0.05) is 18.2 Å². The average molecular weight is 448 g/mol. The fraction of sp³-hybridized carbons (Fsp3) is 0.273. The zero-order valence-corrected chi connectivity index (χ0v) is 17.6. The van der Waals surface area contributed by atoms with Gasteiger partial charge in [-0.25, -0.2) is 21.9 Å². The second-order valence-electron chi connectivity index (χ2n) is 7.32. The van der Waals surface area contributed by atoms with E-state index in [4.69, 9.17) is 4.42 Å². The van der Waals surface area contributed by atoms with Gasteiger partial charge in [-0.15, -0.1) is 0 Å². The number of nitrogens with one attached hydrogen (secondary N) is 1.